The molecule has 0 spiro atoms. The fraction of sp³-hybridized carbons (Fsp3) is 0.462. The molecule has 17 heavy (non-hydrogen) atoms. The van der Waals surface area contributed by atoms with Gasteiger partial charge in [0.2, 0.25) is 0 Å². The molecular formula is C13H16O3S. The summed E-state index contributed by atoms with van der Waals surface area (Å²) in [6.45, 7) is 2.78. The van der Waals surface area contributed by atoms with Gasteiger partial charge in [-0.25, -0.2) is 0 Å². The zero-order valence-electron chi connectivity index (χ0n) is 9.80. The Morgan fingerprint density at radius 2 is 2.18 bits per heavy atom. The maximum atomic E-state index is 10.7. The summed E-state index contributed by atoms with van der Waals surface area (Å²) in [6, 6.07) is 10.2. The third-order valence-electron chi connectivity index (χ3n) is 2.53. The Balaban J connectivity index is 1.59. The monoisotopic (exact) mass is 252 g/mol. The van der Waals surface area contributed by atoms with Gasteiger partial charge >= 0.3 is 0 Å². The molecule has 1 heterocycles. The predicted molar refractivity (Wildman–Crippen MR) is 68.0 cm³/mol. The minimum absolute atomic E-state index is 0.137. The maximum Gasteiger partial charge on any atom is 0.185 e. The van der Waals surface area contributed by atoms with Crippen molar-refractivity contribution in [3.63, 3.8) is 0 Å². The first kappa shape index (κ1) is 12.6. The van der Waals surface area contributed by atoms with Crippen molar-refractivity contribution in [2.24, 2.45) is 0 Å². The van der Waals surface area contributed by atoms with Crippen molar-refractivity contribution in [2.75, 3.05) is 19.0 Å². The molecule has 1 aromatic carbocycles. The van der Waals surface area contributed by atoms with Crippen molar-refractivity contribution >= 4 is 16.9 Å². The van der Waals surface area contributed by atoms with E-state index < -0.39 is 0 Å². The molecule has 92 valence electrons. The molecule has 0 bridgehead atoms. The summed E-state index contributed by atoms with van der Waals surface area (Å²) < 4.78 is 11.0. The number of thioether (sulfide) groups is 1. The van der Waals surface area contributed by atoms with Crippen LogP contribution >= 0.6 is 11.8 Å². The third kappa shape index (κ3) is 4.15. The highest BCUT2D eigenvalue weighted by Crippen LogP contribution is 2.38. The Hall–Kier alpha value is -0.840. The van der Waals surface area contributed by atoms with Gasteiger partial charge in [0.25, 0.3) is 0 Å². The average Bonchev–Trinajstić information content (AvgIpc) is 3.09. The van der Waals surface area contributed by atoms with E-state index in [4.69, 9.17) is 9.47 Å². The quantitative estimate of drug-likeness (QED) is 0.576. The molecule has 2 atom stereocenters. The fourth-order valence-electron chi connectivity index (χ4n) is 1.65. The Bertz CT molecular complexity index is 366. The summed E-state index contributed by atoms with van der Waals surface area (Å²) in [5, 5.41) is 0.137. The number of rotatable bonds is 6. The van der Waals surface area contributed by atoms with Crippen LogP contribution in [-0.4, -0.2) is 30.2 Å². The van der Waals surface area contributed by atoms with Crippen LogP contribution in [0.3, 0.4) is 0 Å². The van der Waals surface area contributed by atoms with E-state index in [-0.39, 0.29) is 17.3 Å². The van der Waals surface area contributed by atoms with Crippen molar-refractivity contribution in [1.29, 1.82) is 0 Å². The molecule has 0 aliphatic carbocycles. The smallest absolute Gasteiger partial charge is 0.185 e. The van der Waals surface area contributed by atoms with Crippen molar-refractivity contribution in [2.45, 2.75) is 19.1 Å². The van der Waals surface area contributed by atoms with Crippen LogP contribution in [-0.2, 0) is 14.3 Å². The van der Waals surface area contributed by atoms with Gasteiger partial charge in [-0.3, -0.25) is 4.79 Å². The van der Waals surface area contributed by atoms with E-state index in [1.807, 2.05) is 18.2 Å². The van der Waals surface area contributed by atoms with E-state index in [2.05, 4.69) is 12.1 Å². The largest absolute Gasteiger partial charge is 0.378 e. The molecule has 1 aliphatic rings. The Labute approximate surface area is 105 Å². The van der Waals surface area contributed by atoms with Gasteiger partial charge in [0, 0.05) is 12.7 Å². The minimum Gasteiger partial charge on any atom is -0.378 e. The van der Waals surface area contributed by atoms with E-state index in [9.17, 15) is 4.79 Å². The summed E-state index contributed by atoms with van der Waals surface area (Å²) in [7, 11) is 0. The molecule has 4 heteroatoms. The molecule has 1 aliphatic heterocycles. The van der Waals surface area contributed by atoms with Gasteiger partial charge in [-0.2, -0.15) is 0 Å². The van der Waals surface area contributed by atoms with Crippen LogP contribution in [0, 0.1) is 0 Å². The van der Waals surface area contributed by atoms with Crippen LogP contribution < -0.4 is 0 Å². The first-order chi connectivity index (χ1) is 8.27. The van der Waals surface area contributed by atoms with E-state index in [1.54, 1.807) is 6.92 Å². The molecule has 3 nitrogen and oxygen atoms in total. The van der Waals surface area contributed by atoms with Crippen LogP contribution in [0.1, 0.15) is 18.6 Å². The van der Waals surface area contributed by atoms with E-state index in [1.165, 1.54) is 17.3 Å². The summed E-state index contributed by atoms with van der Waals surface area (Å²) in [4.78, 5) is 10.7. The Morgan fingerprint density at radius 1 is 1.41 bits per heavy atom. The van der Waals surface area contributed by atoms with Crippen LogP contribution in [0.25, 0.3) is 0 Å². The van der Waals surface area contributed by atoms with Crippen molar-refractivity contribution < 1.29 is 14.3 Å². The number of ether oxygens (including phenoxy) is 2. The highest BCUT2D eigenvalue weighted by molar-refractivity contribution is 8.13. The highest BCUT2D eigenvalue weighted by atomic mass is 32.2. The number of benzene rings is 1. The highest BCUT2D eigenvalue weighted by Gasteiger charge is 2.39. The van der Waals surface area contributed by atoms with Crippen molar-refractivity contribution in [1.82, 2.24) is 0 Å². The van der Waals surface area contributed by atoms with Gasteiger partial charge in [-0.05, 0) is 5.56 Å². The van der Waals surface area contributed by atoms with Crippen LogP contribution in [0.15, 0.2) is 30.3 Å². The van der Waals surface area contributed by atoms with Crippen molar-refractivity contribution in [3.05, 3.63) is 35.9 Å². The summed E-state index contributed by atoms with van der Waals surface area (Å²) >= 11 is 1.30. The average molecular weight is 252 g/mol. The molecule has 0 radical (unpaired) electrons. The molecule has 1 fully saturated rings. The Morgan fingerprint density at radius 3 is 2.88 bits per heavy atom. The van der Waals surface area contributed by atoms with Gasteiger partial charge in [0.05, 0.1) is 13.2 Å². The molecule has 2 unspecified atom stereocenters. The summed E-state index contributed by atoms with van der Waals surface area (Å²) in [6.07, 6.45) is 0.372. The SMILES string of the molecule is CC(=O)SCCOCC1OC1c1ccccc1. The topological polar surface area (TPSA) is 38.8 Å². The van der Waals surface area contributed by atoms with Crippen LogP contribution in [0.2, 0.25) is 0 Å². The van der Waals surface area contributed by atoms with E-state index in [0.29, 0.717) is 13.2 Å². The number of hydrogen-bond donors (Lipinski definition) is 0. The van der Waals surface area contributed by atoms with E-state index in [0.717, 1.165) is 5.75 Å². The molecule has 0 aromatic heterocycles. The molecule has 0 N–H and O–H groups in total. The fourth-order valence-corrected chi connectivity index (χ4v) is 2.14. The zero-order chi connectivity index (χ0) is 12.1. The minimum atomic E-state index is 0.137. The van der Waals surface area contributed by atoms with Gasteiger partial charge in [-0.15, -0.1) is 0 Å². The first-order valence-corrected chi connectivity index (χ1v) is 6.67. The second kappa shape index (κ2) is 6.19. The molecule has 0 saturated carbocycles. The third-order valence-corrected chi connectivity index (χ3v) is 3.30. The van der Waals surface area contributed by atoms with E-state index >= 15 is 0 Å². The lowest BCUT2D eigenvalue weighted by atomic mass is 10.1. The zero-order valence-corrected chi connectivity index (χ0v) is 10.6. The second-order valence-corrected chi connectivity index (χ2v) is 5.19. The summed E-state index contributed by atoms with van der Waals surface area (Å²) in [5.74, 6) is 0.720. The molecule has 1 aromatic rings. The van der Waals surface area contributed by atoms with Gasteiger partial charge in [0.15, 0.2) is 5.12 Å². The maximum absolute atomic E-state index is 10.7. The van der Waals surface area contributed by atoms with Gasteiger partial charge in [-0.1, -0.05) is 42.1 Å². The molecule has 2 rings (SSSR count). The van der Waals surface area contributed by atoms with Crippen LogP contribution in [0.4, 0.5) is 0 Å². The lowest BCUT2D eigenvalue weighted by molar-refractivity contribution is -0.109. The number of epoxide rings is 1. The number of carbonyl (C=O) groups excluding carboxylic acids is 1. The first-order valence-electron chi connectivity index (χ1n) is 5.69. The van der Waals surface area contributed by atoms with Gasteiger partial charge in [0.1, 0.15) is 12.2 Å². The molecule has 0 amide bonds. The number of carbonyl (C=O) groups is 1. The summed E-state index contributed by atoms with van der Waals surface area (Å²) in [5.41, 5.74) is 1.21. The standard InChI is InChI=1S/C13H16O3S/c1-10(14)17-8-7-15-9-12-13(16-12)11-5-3-2-4-6-11/h2-6,12-13H,7-9H2,1H3. The second-order valence-electron chi connectivity index (χ2n) is 3.92. The van der Waals surface area contributed by atoms with Crippen molar-refractivity contribution in [3.8, 4) is 0 Å². The lowest BCUT2D eigenvalue weighted by Gasteiger charge is -2.00. The van der Waals surface area contributed by atoms with Crippen LogP contribution in [0.5, 0.6) is 0 Å². The van der Waals surface area contributed by atoms with Gasteiger partial charge < -0.3 is 9.47 Å². The normalized spacial score (nSPS) is 22.4. The number of hydrogen-bond acceptors (Lipinski definition) is 4. The molecule has 1 saturated heterocycles. The Kier molecular flexibility index (Phi) is 4.59. The molecular weight excluding hydrogens is 236 g/mol. The lowest BCUT2D eigenvalue weighted by Crippen LogP contribution is -2.06. The predicted octanol–water partition coefficient (Wildman–Crippen LogP) is 2.42.